The molecule has 1 aromatic heterocycles. The van der Waals surface area contributed by atoms with Gasteiger partial charge in [0, 0.05) is 30.9 Å². The molecule has 1 N–H and O–H groups in total. The van der Waals surface area contributed by atoms with Crippen LogP contribution in [-0.4, -0.2) is 10.6 Å². The standard InChI is InChI=1S/C11H16N2O/c1-2-13-7-3-4-9(11(13)14)8-12-10-5-6-10/h3-4,7,10,12H,2,5-6,8H2,1H3. The Kier molecular flexibility index (Phi) is 2.68. The van der Waals surface area contributed by atoms with Gasteiger partial charge < -0.3 is 9.88 Å². The first-order valence-electron chi connectivity index (χ1n) is 5.23. The van der Waals surface area contributed by atoms with Crippen LogP contribution in [0.15, 0.2) is 23.1 Å². The molecule has 2 rings (SSSR count). The van der Waals surface area contributed by atoms with Crippen LogP contribution in [0.3, 0.4) is 0 Å². The molecule has 0 aromatic carbocycles. The third kappa shape index (κ3) is 2.04. The Balaban J connectivity index is 2.11. The first kappa shape index (κ1) is 9.46. The summed E-state index contributed by atoms with van der Waals surface area (Å²) in [6.45, 7) is 3.44. The lowest BCUT2D eigenvalue weighted by Crippen LogP contribution is -2.27. The molecule has 1 heterocycles. The molecule has 1 saturated carbocycles. The zero-order valence-electron chi connectivity index (χ0n) is 8.49. The van der Waals surface area contributed by atoms with Gasteiger partial charge in [-0.2, -0.15) is 0 Å². The SMILES string of the molecule is CCn1cccc(CNC2CC2)c1=O. The van der Waals surface area contributed by atoms with Gasteiger partial charge in [-0.1, -0.05) is 6.07 Å². The summed E-state index contributed by atoms with van der Waals surface area (Å²) < 4.78 is 1.74. The summed E-state index contributed by atoms with van der Waals surface area (Å²) in [6, 6.07) is 4.50. The number of rotatable bonds is 4. The molecule has 0 atom stereocenters. The highest BCUT2D eigenvalue weighted by atomic mass is 16.1. The van der Waals surface area contributed by atoms with E-state index in [1.165, 1.54) is 12.8 Å². The topological polar surface area (TPSA) is 34.0 Å². The van der Waals surface area contributed by atoms with E-state index < -0.39 is 0 Å². The normalized spacial score (nSPS) is 15.8. The molecular formula is C11H16N2O. The molecule has 0 amide bonds. The van der Waals surface area contributed by atoms with Gasteiger partial charge >= 0.3 is 0 Å². The first-order chi connectivity index (χ1) is 6.81. The highest BCUT2D eigenvalue weighted by Crippen LogP contribution is 2.18. The number of hydrogen-bond donors (Lipinski definition) is 1. The summed E-state index contributed by atoms with van der Waals surface area (Å²) in [4.78, 5) is 11.8. The van der Waals surface area contributed by atoms with Gasteiger partial charge in [0.1, 0.15) is 0 Å². The largest absolute Gasteiger partial charge is 0.316 e. The minimum absolute atomic E-state index is 0.142. The van der Waals surface area contributed by atoms with E-state index >= 15 is 0 Å². The monoisotopic (exact) mass is 192 g/mol. The van der Waals surface area contributed by atoms with Crippen molar-refractivity contribution in [1.82, 2.24) is 9.88 Å². The van der Waals surface area contributed by atoms with Crippen LogP contribution in [0.2, 0.25) is 0 Å². The smallest absolute Gasteiger partial charge is 0.255 e. The van der Waals surface area contributed by atoms with Crippen molar-refractivity contribution in [2.45, 2.75) is 38.9 Å². The molecule has 1 aliphatic rings. The van der Waals surface area contributed by atoms with Gasteiger partial charge in [-0.15, -0.1) is 0 Å². The van der Waals surface area contributed by atoms with Gasteiger partial charge in [0.05, 0.1) is 0 Å². The van der Waals surface area contributed by atoms with Crippen molar-refractivity contribution in [3.63, 3.8) is 0 Å². The molecule has 76 valence electrons. The van der Waals surface area contributed by atoms with Gasteiger partial charge in [-0.3, -0.25) is 4.79 Å². The summed E-state index contributed by atoms with van der Waals surface area (Å²) in [5, 5.41) is 3.35. The molecule has 0 saturated heterocycles. The molecule has 1 aromatic rings. The first-order valence-corrected chi connectivity index (χ1v) is 5.23. The Labute approximate surface area is 83.8 Å². The number of nitrogens with zero attached hydrogens (tertiary/aromatic N) is 1. The molecule has 1 aliphatic carbocycles. The minimum Gasteiger partial charge on any atom is -0.316 e. The van der Waals surface area contributed by atoms with E-state index in [1.807, 2.05) is 25.3 Å². The zero-order valence-corrected chi connectivity index (χ0v) is 8.49. The van der Waals surface area contributed by atoms with Crippen LogP contribution >= 0.6 is 0 Å². The number of aryl methyl sites for hydroxylation is 1. The molecule has 3 heteroatoms. The van der Waals surface area contributed by atoms with Crippen LogP contribution in [0.4, 0.5) is 0 Å². The Hall–Kier alpha value is -1.09. The van der Waals surface area contributed by atoms with Crippen LogP contribution < -0.4 is 10.9 Å². The van der Waals surface area contributed by atoms with Crippen molar-refractivity contribution in [3.8, 4) is 0 Å². The van der Waals surface area contributed by atoms with E-state index in [0.29, 0.717) is 12.6 Å². The molecule has 0 spiro atoms. The lowest BCUT2D eigenvalue weighted by molar-refractivity contribution is 0.657. The van der Waals surface area contributed by atoms with Crippen LogP contribution in [-0.2, 0) is 13.1 Å². The number of aromatic nitrogens is 1. The number of hydrogen-bond acceptors (Lipinski definition) is 2. The van der Waals surface area contributed by atoms with Crippen molar-refractivity contribution in [1.29, 1.82) is 0 Å². The predicted octanol–water partition coefficient (Wildman–Crippen LogP) is 1.12. The summed E-state index contributed by atoms with van der Waals surface area (Å²) in [5.74, 6) is 0. The van der Waals surface area contributed by atoms with Crippen molar-refractivity contribution in [2.24, 2.45) is 0 Å². The van der Waals surface area contributed by atoms with Crippen molar-refractivity contribution in [3.05, 3.63) is 34.2 Å². The van der Waals surface area contributed by atoms with Crippen LogP contribution in [0.5, 0.6) is 0 Å². The predicted molar refractivity (Wildman–Crippen MR) is 56.2 cm³/mol. The molecular weight excluding hydrogens is 176 g/mol. The maximum atomic E-state index is 11.8. The maximum absolute atomic E-state index is 11.8. The van der Waals surface area contributed by atoms with Crippen LogP contribution in [0, 0.1) is 0 Å². The average molecular weight is 192 g/mol. The van der Waals surface area contributed by atoms with E-state index in [1.54, 1.807) is 4.57 Å². The molecule has 0 bridgehead atoms. The highest BCUT2D eigenvalue weighted by molar-refractivity contribution is 5.10. The fourth-order valence-corrected chi connectivity index (χ4v) is 1.51. The maximum Gasteiger partial charge on any atom is 0.255 e. The molecule has 1 fully saturated rings. The molecule has 0 unspecified atom stereocenters. The Morgan fingerprint density at radius 1 is 1.57 bits per heavy atom. The van der Waals surface area contributed by atoms with Gasteiger partial charge in [0.25, 0.3) is 5.56 Å². The van der Waals surface area contributed by atoms with Gasteiger partial charge in [-0.05, 0) is 25.8 Å². The summed E-state index contributed by atoms with van der Waals surface area (Å²) in [7, 11) is 0. The highest BCUT2D eigenvalue weighted by Gasteiger charge is 2.20. The van der Waals surface area contributed by atoms with E-state index in [2.05, 4.69) is 5.32 Å². The Morgan fingerprint density at radius 3 is 3.00 bits per heavy atom. The van der Waals surface area contributed by atoms with Gasteiger partial charge in [0.15, 0.2) is 0 Å². The summed E-state index contributed by atoms with van der Waals surface area (Å²) in [5.41, 5.74) is 1.02. The minimum atomic E-state index is 0.142. The van der Waals surface area contributed by atoms with E-state index in [-0.39, 0.29) is 5.56 Å². The molecule has 0 radical (unpaired) electrons. The number of pyridine rings is 1. The lowest BCUT2D eigenvalue weighted by atomic mass is 10.2. The van der Waals surface area contributed by atoms with Crippen LogP contribution in [0.25, 0.3) is 0 Å². The van der Waals surface area contributed by atoms with Crippen molar-refractivity contribution < 1.29 is 0 Å². The summed E-state index contributed by atoms with van der Waals surface area (Å²) >= 11 is 0. The third-order valence-electron chi connectivity index (χ3n) is 2.60. The second-order valence-corrected chi connectivity index (χ2v) is 3.78. The van der Waals surface area contributed by atoms with Gasteiger partial charge in [-0.25, -0.2) is 0 Å². The van der Waals surface area contributed by atoms with E-state index in [4.69, 9.17) is 0 Å². The zero-order chi connectivity index (χ0) is 9.97. The number of nitrogens with one attached hydrogen (secondary N) is 1. The van der Waals surface area contributed by atoms with Gasteiger partial charge in [0.2, 0.25) is 0 Å². The fourth-order valence-electron chi connectivity index (χ4n) is 1.51. The molecule has 0 aliphatic heterocycles. The van der Waals surface area contributed by atoms with E-state index in [9.17, 15) is 4.79 Å². The molecule has 14 heavy (non-hydrogen) atoms. The van der Waals surface area contributed by atoms with Crippen LogP contribution in [0.1, 0.15) is 25.3 Å². The fraction of sp³-hybridized carbons (Fsp3) is 0.545. The Bertz CT molecular complexity index is 366. The average Bonchev–Trinajstić information content (AvgIpc) is 3.00. The van der Waals surface area contributed by atoms with E-state index in [0.717, 1.165) is 12.1 Å². The van der Waals surface area contributed by atoms with Crippen molar-refractivity contribution >= 4 is 0 Å². The molecule has 3 nitrogen and oxygen atoms in total. The lowest BCUT2D eigenvalue weighted by Gasteiger charge is -2.05. The second kappa shape index (κ2) is 3.96. The summed E-state index contributed by atoms with van der Waals surface area (Å²) in [6.07, 6.45) is 4.35. The van der Waals surface area contributed by atoms with Crippen molar-refractivity contribution in [2.75, 3.05) is 0 Å². The Morgan fingerprint density at radius 2 is 2.36 bits per heavy atom. The third-order valence-corrected chi connectivity index (χ3v) is 2.60. The second-order valence-electron chi connectivity index (χ2n) is 3.78. The quantitative estimate of drug-likeness (QED) is 0.775.